The number of carbonyl (C=O) groups is 1. The van der Waals surface area contributed by atoms with Crippen LogP contribution in [0.4, 0.5) is 5.69 Å². The summed E-state index contributed by atoms with van der Waals surface area (Å²) in [6.45, 7) is 6.04. The van der Waals surface area contributed by atoms with Gasteiger partial charge in [-0.2, -0.15) is 4.57 Å². The Balaban J connectivity index is 1.36. The number of nitrogens with zero attached hydrogens (tertiary/aromatic N) is 1. The summed E-state index contributed by atoms with van der Waals surface area (Å²) in [5.74, 6) is 0.792. The first-order chi connectivity index (χ1) is 18.7. The van der Waals surface area contributed by atoms with Crippen molar-refractivity contribution in [1.29, 1.82) is 0 Å². The number of carbonyl (C=O) groups excluding carboxylic acids is 1. The maximum atomic E-state index is 12.9. The topological polar surface area (TPSA) is 42.2 Å². The van der Waals surface area contributed by atoms with Crippen molar-refractivity contribution < 1.29 is 14.1 Å². The number of hydrogen-bond acceptors (Lipinski definition) is 3. The molecular weight excluding hydrogens is 488 g/mol. The quantitative estimate of drug-likeness (QED) is 0.123. The van der Waals surface area contributed by atoms with E-state index in [0.717, 1.165) is 35.5 Å². The standard InChI is InChI=1S/C33H46N2O2S/c1-3-5-6-7-8-9-10-11-12-13-14-17-24-37-31-22-16-15-19-28(31)27-32(36)34-30-21-18-20-29(26-30)33-35(4-2)23-25-38-33/h15-16,18-23,25-26H,3-14,17,24,27H2,1-2H3/p+1. The van der Waals surface area contributed by atoms with Crippen molar-refractivity contribution in [3.63, 3.8) is 0 Å². The predicted molar refractivity (Wildman–Crippen MR) is 161 cm³/mol. The first kappa shape index (κ1) is 29.9. The van der Waals surface area contributed by atoms with Crippen LogP contribution in [0.2, 0.25) is 0 Å². The summed E-state index contributed by atoms with van der Waals surface area (Å²) < 4.78 is 8.31. The van der Waals surface area contributed by atoms with Crippen LogP contribution in [0.5, 0.6) is 5.75 Å². The van der Waals surface area contributed by atoms with Gasteiger partial charge in [0.25, 0.3) is 5.01 Å². The third-order valence-electron chi connectivity index (χ3n) is 6.99. The van der Waals surface area contributed by atoms with E-state index in [4.69, 9.17) is 4.74 Å². The lowest BCUT2D eigenvalue weighted by Gasteiger charge is -2.12. The van der Waals surface area contributed by atoms with Crippen molar-refractivity contribution in [3.05, 3.63) is 65.7 Å². The molecule has 0 saturated carbocycles. The zero-order valence-electron chi connectivity index (χ0n) is 23.6. The number of aryl methyl sites for hydroxylation is 1. The largest absolute Gasteiger partial charge is 0.493 e. The SMILES string of the molecule is CCCCCCCCCCCCCCOc1ccccc1CC(=O)Nc1cccc(-c2scc[n+]2CC)c1. The maximum Gasteiger partial charge on any atom is 0.269 e. The van der Waals surface area contributed by atoms with E-state index in [1.807, 2.05) is 42.5 Å². The minimum absolute atomic E-state index is 0.0295. The first-order valence-electron chi connectivity index (χ1n) is 14.8. The fraction of sp³-hybridized carbons (Fsp3) is 0.515. The maximum absolute atomic E-state index is 12.9. The highest BCUT2D eigenvalue weighted by Crippen LogP contribution is 2.24. The number of para-hydroxylation sites is 1. The second-order valence-corrected chi connectivity index (χ2v) is 11.0. The number of thiazole rings is 1. The Kier molecular flexibility index (Phi) is 14.0. The molecule has 2 aromatic carbocycles. The van der Waals surface area contributed by atoms with Gasteiger partial charge in [-0.15, -0.1) is 0 Å². The molecule has 206 valence electrons. The zero-order chi connectivity index (χ0) is 26.8. The highest BCUT2D eigenvalue weighted by Gasteiger charge is 2.15. The molecule has 0 aliphatic carbocycles. The minimum atomic E-state index is -0.0295. The number of anilines is 1. The van der Waals surface area contributed by atoms with Crippen molar-refractivity contribution in [3.8, 4) is 16.3 Å². The molecule has 38 heavy (non-hydrogen) atoms. The molecule has 5 heteroatoms. The molecule has 3 rings (SSSR count). The van der Waals surface area contributed by atoms with Crippen molar-refractivity contribution in [2.75, 3.05) is 11.9 Å². The Morgan fingerprint density at radius 1 is 0.842 bits per heavy atom. The highest BCUT2D eigenvalue weighted by molar-refractivity contribution is 7.12. The molecule has 0 fully saturated rings. The van der Waals surface area contributed by atoms with Crippen molar-refractivity contribution in [2.24, 2.45) is 0 Å². The van der Waals surface area contributed by atoms with Gasteiger partial charge in [-0.3, -0.25) is 4.79 Å². The van der Waals surface area contributed by atoms with Gasteiger partial charge in [-0.1, -0.05) is 113 Å². The fourth-order valence-electron chi connectivity index (χ4n) is 4.81. The van der Waals surface area contributed by atoms with E-state index in [0.29, 0.717) is 13.0 Å². The normalized spacial score (nSPS) is 11.0. The molecule has 0 saturated heterocycles. The summed E-state index contributed by atoms with van der Waals surface area (Å²) in [5.41, 5.74) is 2.87. The molecule has 1 N–H and O–H groups in total. The lowest BCUT2D eigenvalue weighted by atomic mass is 10.1. The number of ether oxygens (including phenoxy) is 1. The molecule has 1 heterocycles. The van der Waals surface area contributed by atoms with Crippen LogP contribution >= 0.6 is 11.3 Å². The number of hydrogen-bond donors (Lipinski definition) is 1. The van der Waals surface area contributed by atoms with E-state index in [1.54, 1.807) is 11.3 Å². The van der Waals surface area contributed by atoms with E-state index >= 15 is 0 Å². The van der Waals surface area contributed by atoms with E-state index in [2.05, 4.69) is 41.4 Å². The first-order valence-corrected chi connectivity index (χ1v) is 15.7. The molecule has 0 aliphatic heterocycles. The van der Waals surface area contributed by atoms with Gasteiger partial charge in [0.05, 0.1) is 24.0 Å². The molecule has 0 atom stereocenters. The number of aromatic nitrogens is 1. The molecule has 0 aliphatic rings. The van der Waals surface area contributed by atoms with Crippen LogP contribution in [-0.2, 0) is 17.8 Å². The summed E-state index contributed by atoms with van der Waals surface area (Å²) in [4.78, 5) is 12.9. The third kappa shape index (κ3) is 10.6. The Labute approximate surface area is 234 Å². The number of unbranched alkanes of at least 4 members (excludes halogenated alkanes) is 11. The Hall–Kier alpha value is -2.66. The summed E-state index contributed by atoms with van der Waals surface area (Å²) in [6, 6.07) is 16.0. The van der Waals surface area contributed by atoms with Gasteiger partial charge >= 0.3 is 0 Å². The van der Waals surface area contributed by atoms with E-state index in [1.165, 1.54) is 75.6 Å². The van der Waals surface area contributed by atoms with Crippen LogP contribution in [0.1, 0.15) is 96.5 Å². The monoisotopic (exact) mass is 535 g/mol. The van der Waals surface area contributed by atoms with Crippen LogP contribution < -0.4 is 14.6 Å². The van der Waals surface area contributed by atoms with Gasteiger partial charge in [0, 0.05) is 11.3 Å². The lowest BCUT2D eigenvalue weighted by Crippen LogP contribution is -2.31. The molecule has 4 nitrogen and oxygen atoms in total. The van der Waals surface area contributed by atoms with Crippen molar-refractivity contribution >= 4 is 22.9 Å². The second kappa shape index (κ2) is 17.8. The highest BCUT2D eigenvalue weighted by atomic mass is 32.1. The molecule has 0 unspecified atom stereocenters. The van der Waals surface area contributed by atoms with Crippen LogP contribution in [-0.4, -0.2) is 12.5 Å². The molecule has 0 spiro atoms. The van der Waals surface area contributed by atoms with E-state index in [9.17, 15) is 4.79 Å². The van der Waals surface area contributed by atoms with Gasteiger partial charge in [-0.25, -0.2) is 0 Å². The lowest BCUT2D eigenvalue weighted by molar-refractivity contribution is -0.678. The molecule has 0 bridgehead atoms. The van der Waals surface area contributed by atoms with E-state index < -0.39 is 0 Å². The minimum Gasteiger partial charge on any atom is -0.493 e. The second-order valence-electron chi connectivity index (χ2n) is 10.1. The van der Waals surface area contributed by atoms with Crippen LogP contribution in [0, 0.1) is 0 Å². The van der Waals surface area contributed by atoms with Crippen LogP contribution in [0.3, 0.4) is 0 Å². The third-order valence-corrected chi connectivity index (χ3v) is 7.95. The smallest absolute Gasteiger partial charge is 0.269 e. The van der Waals surface area contributed by atoms with Gasteiger partial charge in [-0.05, 0) is 37.6 Å². The number of nitrogens with one attached hydrogen (secondary N) is 1. The summed E-state index contributed by atoms with van der Waals surface area (Å²) in [7, 11) is 0. The van der Waals surface area contributed by atoms with Crippen molar-refractivity contribution in [1.82, 2.24) is 0 Å². The molecule has 1 aromatic heterocycles. The summed E-state index contributed by atoms with van der Waals surface area (Å²) in [5, 5.41) is 6.37. The molecule has 3 aromatic rings. The van der Waals surface area contributed by atoms with Crippen LogP contribution in [0.15, 0.2) is 60.1 Å². The van der Waals surface area contributed by atoms with Crippen LogP contribution in [0.25, 0.3) is 10.6 Å². The van der Waals surface area contributed by atoms with Gasteiger partial charge < -0.3 is 10.1 Å². The number of amides is 1. The average molecular weight is 536 g/mol. The predicted octanol–water partition coefficient (Wildman–Crippen LogP) is 8.98. The van der Waals surface area contributed by atoms with Gasteiger partial charge in [0.1, 0.15) is 12.3 Å². The molecular formula is C33H47N2O2S+. The molecule has 1 amide bonds. The van der Waals surface area contributed by atoms with Crippen molar-refractivity contribution in [2.45, 2.75) is 104 Å². The number of benzene rings is 2. The Morgan fingerprint density at radius 2 is 1.53 bits per heavy atom. The molecule has 0 radical (unpaired) electrons. The number of rotatable bonds is 19. The summed E-state index contributed by atoms with van der Waals surface area (Å²) >= 11 is 1.71. The average Bonchev–Trinajstić information content (AvgIpc) is 3.41. The Morgan fingerprint density at radius 3 is 2.24 bits per heavy atom. The van der Waals surface area contributed by atoms with E-state index in [-0.39, 0.29) is 5.91 Å². The van der Waals surface area contributed by atoms with Gasteiger partial charge in [0.2, 0.25) is 5.91 Å². The summed E-state index contributed by atoms with van der Waals surface area (Å²) in [6.07, 6.45) is 18.4. The Bertz CT molecular complexity index is 1080. The fourth-order valence-corrected chi connectivity index (χ4v) is 5.74. The zero-order valence-corrected chi connectivity index (χ0v) is 24.4. The van der Waals surface area contributed by atoms with Gasteiger partial charge in [0.15, 0.2) is 6.20 Å².